The van der Waals surface area contributed by atoms with Crippen LogP contribution in [-0.2, 0) is 14.4 Å². The summed E-state index contributed by atoms with van der Waals surface area (Å²) in [5, 5.41) is 21.7. The lowest BCUT2D eigenvalue weighted by molar-refractivity contribution is -0.145. The van der Waals surface area contributed by atoms with Gasteiger partial charge in [-0.25, -0.2) is 0 Å². The van der Waals surface area contributed by atoms with E-state index in [0.717, 1.165) is 0 Å². The molecule has 0 saturated heterocycles. The standard InChI is InChI=1S/C21H34O5/c1-12(2)7-9-15-19(24)18(16(22)11-14(5)6)20(25)21(15,26)17(23)10-8-13(3)4/h12-15,25-26H,7-11H2,1-6H3/t15-,21?/m0/s1. The third-order valence-corrected chi connectivity index (χ3v) is 4.94. The van der Waals surface area contributed by atoms with Crippen LogP contribution in [0.4, 0.5) is 0 Å². The molecule has 0 fully saturated rings. The second kappa shape index (κ2) is 8.94. The molecule has 0 saturated carbocycles. The Kier molecular flexibility index (Phi) is 7.75. The van der Waals surface area contributed by atoms with E-state index in [-0.39, 0.29) is 42.6 Å². The number of carbonyl (C=O) groups is 3. The van der Waals surface area contributed by atoms with Crippen LogP contribution in [0.3, 0.4) is 0 Å². The van der Waals surface area contributed by atoms with E-state index >= 15 is 0 Å². The summed E-state index contributed by atoms with van der Waals surface area (Å²) in [6, 6.07) is 0. The summed E-state index contributed by atoms with van der Waals surface area (Å²) in [5.41, 5.74) is -2.63. The van der Waals surface area contributed by atoms with Gasteiger partial charge in [-0.1, -0.05) is 48.0 Å². The molecule has 0 aromatic carbocycles. The quantitative estimate of drug-likeness (QED) is 0.574. The molecule has 1 aliphatic rings. The van der Waals surface area contributed by atoms with Crippen molar-refractivity contribution < 1.29 is 24.6 Å². The maximum Gasteiger partial charge on any atom is 0.190 e. The predicted octanol–water partition coefficient (Wildman–Crippen LogP) is 3.79. The molecule has 0 amide bonds. The van der Waals surface area contributed by atoms with Crippen LogP contribution in [-0.4, -0.2) is 33.2 Å². The van der Waals surface area contributed by atoms with E-state index < -0.39 is 34.6 Å². The SMILES string of the molecule is CC(C)CCC(=O)C1(O)C(O)=C(C(=O)CC(C)C)C(=O)[C@@H]1CCC(C)C. The summed E-state index contributed by atoms with van der Waals surface area (Å²) in [4.78, 5) is 38.1. The van der Waals surface area contributed by atoms with Gasteiger partial charge in [-0.2, -0.15) is 0 Å². The highest BCUT2D eigenvalue weighted by Gasteiger charge is 2.58. The predicted molar refractivity (Wildman–Crippen MR) is 101 cm³/mol. The van der Waals surface area contributed by atoms with Gasteiger partial charge in [0.05, 0.1) is 5.92 Å². The minimum atomic E-state index is -2.26. The number of carbonyl (C=O) groups excluding carboxylic acids is 3. The first-order valence-electron chi connectivity index (χ1n) is 9.69. The molecule has 5 heteroatoms. The Morgan fingerprint density at radius 2 is 1.54 bits per heavy atom. The molecule has 0 bridgehead atoms. The third kappa shape index (κ3) is 4.81. The molecular weight excluding hydrogens is 332 g/mol. The molecule has 0 aromatic rings. The van der Waals surface area contributed by atoms with Crippen LogP contribution < -0.4 is 0 Å². The van der Waals surface area contributed by atoms with Crippen molar-refractivity contribution in [1.82, 2.24) is 0 Å². The summed E-state index contributed by atoms with van der Waals surface area (Å²) < 4.78 is 0. The van der Waals surface area contributed by atoms with E-state index in [2.05, 4.69) is 0 Å². The van der Waals surface area contributed by atoms with Gasteiger partial charge in [-0.05, 0) is 30.6 Å². The Morgan fingerprint density at radius 3 is 2.00 bits per heavy atom. The minimum absolute atomic E-state index is 0.00931. The third-order valence-electron chi connectivity index (χ3n) is 4.94. The van der Waals surface area contributed by atoms with E-state index in [1.54, 1.807) is 0 Å². The van der Waals surface area contributed by atoms with E-state index in [1.807, 2.05) is 41.5 Å². The monoisotopic (exact) mass is 366 g/mol. The maximum absolute atomic E-state index is 12.9. The van der Waals surface area contributed by atoms with Gasteiger partial charge in [0.25, 0.3) is 0 Å². The Bertz CT molecular complexity index is 585. The molecule has 5 nitrogen and oxygen atoms in total. The number of ketones is 3. The number of aliphatic hydroxyl groups is 2. The van der Waals surface area contributed by atoms with Crippen LogP contribution >= 0.6 is 0 Å². The molecular formula is C21H34O5. The van der Waals surface area contributed by atoms with Gasteiger partial charge in [-0.3, -0.25) is 14.4 Å². The van der Waals surface area contributed by atoms with E-state index in [4.69, 9.17) is 0 Å². The van der Waals surface area contributed by atoms with Gasteiger partial charge in [0.15, 0.2) is 23.0 Å². The lowest BCUT2D eigenvalue weighted by Crippen LogP contribution is -2.47. The smallest absolute Gasteiger partial charge is 0.190 e. The summed E-state index contributed by atoms with van der Waals surface area (Å²) in [5.74, 6) is -2.92. The maximum atomic E-state index is 12.9. The molecule has 0 radical (unpaired) electrons. The van der Waals surface area contributed by atoms with Gasteiger partial charge < -0.3 is 10.2 Å². The zero-order valence-electron chi connectivity index (χ0n) is 17.0. The highest BCUT2D eigenvalue weighted by Crippen LogP contribution is 2.42. The summed E-state index contributed by atoms with van der Waals surface area (Å²) in [6.45, 7) is 11.6. The average Bonchev–Trinajstić information content (AvgIpc) is 2.69. The highest BCUT2D eigenvalue weighted by atomic mass is 16.3. The average molecular weight is 366 g/mol. The highest BCUT2D eigenvalue weighted by molar-refractivity contribution is 6.25. The van der Waals surface area contributed by atoms with Crippen molar-refractivity contribution in [3.8, 4) is 0 Å². The minimum Gasteiger partial charge on any atom is -0.508 e. The van der Waals surface area contributed by atoms with Crippen molar-refractivity contribution >= 4 is 17.3 Å². The number of hydrogen-bond donors (Lipinski definition) is 2. The molecule has 0 aliphatic heterocycles. The zero-order valence-corrected chi connectivity index (χ0v) is 17.0. The van der Waals surface area contributed by atoms with Crippen molar-refractivity contribution in [1.29, 1.82) is 0 Å². The molecule has 1 aliphatic carbocycles. The van der Waals surface area contributed by atoms with Gasteiger partial charge in [0.2, 0.25) is 0 Å². The van der Waals surface area contributed by atoms with Crippen LogP contribution in [0.5, 0.6) is 0 Å². The molecule has 0 spiro atoms. The van der Waals surface area contributed by atoms with Crippen LogP contribution in [0.2, 0.25) is 0 Å². The zero-order chi connectivity index (χ0) is 20.2. The Labute approximate surface area is 156 Å². The lowest BCUT2D eigenvalue weighted by Gasteiger charge is -2.28. The van der Waals surface area contributed by atoms with Crippen molar-refractivity contribution in [3.05, 3.63) is 11.3 Å². The molecule has 0 aromatic heterocycles. The number of hydrogen-bond acceptors (Lipinski definition) is 5. The normalized spacial score (nSPS) is 23.6. The summed E-state index contributed by atoms with van der Waals surface area (Å²) in [6.07, 6.45) is 1.60. The fraction of sp³-hybridized carbons (Fsp3) is 0.762. The Morgan fingerprint density at radius 1 is 1.00 bits per heavy atom. The first kappa shape index (κ1) is 22.6. The number of rotatable bonds is 10. The first-order valence-corrected chi connectivity index (χ1v) is 9.69. The molecule has 0 heterocycles. The van der Waals surface area contributed by atoms with Gasteiger partial charge in [0, 0.05) is 12.8 Å². The summed E-state index contributed by atoms with van der Waals surface area (Å²) >= 11 is 0. The van der Waals surface area contributed by atoms with Crippen LogP contribution in [0.25, 0.3) is 0 Å². The summed E-state index contributed by atoms with van der Waals surface area (Å²) in [7, 11) is 0. The van der Waals surface area contributed by atoms with Crippen LogP contribution in [0.1, 0.15) is 73.6 Å². The molecule has 148 valence electrons. The van der Waals surface area contributed by atoms with Crippen molar-refractivity contribution in [2.75, 3.05) is 0 Å². The second-order valence-electron chi connectivity index (χ2n) is 8.75. The number of Topliss-reactive ketones (excluding diaryl/α,β-unsaturated/α-hetero) is 3. The fourth-order valence-corrected chi connectivity index (χ4v) is 3.36. The van der Waals surface area contributed by atoms with E-state index in [1.165, 1.54) is 0 Å². The lowest BCUT2D eigenvalue weighted by atomic mass is 9.79. The number of allylic oxidation sites excluding steroid dienone is 1. The fourth-order valence-electron chi connectivity index (χ4n) is 3.36. The van der Waals surface area contributed by atoms with E-state index in [9.17, 15) is 24.6 Å². The number of aliphatic hydroxyl groups excluding tert-OH is 1. The van der Waals surface area contributed by atoms with Gasteiger partial charge >= 0.3 is 0 Å². The largest absolute Gasteiger partial charge is 0.508 e. The second-order valence-corrected chi connectivity index (χ2v) is 8.75. The van der Waals surface area contributed by atoms with Crippen LogP contribution in [0, 0.1) is 23.7 Å². The molecule has 1 rings (SSSR count). The van der Waals surface area contributed by atoms with Gasteiger partial charge in [-0.15, -0.1) is 0 Å². The van der Waals surface area contributed by atoms with Crippen molar-refractivity contribution in [2.24, 2.45) is 23.7 Å². The van der Waals surface area contributed by atoms with E-state index in [0.29, 0.717) is 12.8 Å². The van der Waals surface area contributed by atoms with Gasteiger partial charge in [0.1, 0.15) is 11.3 Å². The van der Waals surface area contributed by atoms with Crippen molar-refractivity contribution in [2.45, 2.75) is 79.2 Å². The molecule has 26 heavy (non-hydrogen) atoms. The molecule has 2 N–H and O–H groups in total. The Hall–Kier alpha value is -1.49. The first-order chi connectivity index (χ1) is 11.9. The molecule has 1 unspecified atom stereocenters. The van der Waals surface area contributed by atoms with Crippen molar-refractivity contribution in [3.63, 3.8) is 0 Å². The molecule has 2 atom stereocenters. The Balaban J connectivity index is 3.27. The topological polar surface area (TPSA) is 91.7 Å². The van der Waals surface area contributed by atoms with Crippen LogP contribution in [0.15, 0.2) is 11.3 Å².